The fraction of sp³-hybridized carbons (Fsp3) is 0.111. The van der Waals surface area contributed by atoms with Crippen LogP contribution in [0.2, 0.25) is 0 Å². The van der Waals surface area contributed by atoms with Crippen molar-refractivity contribution in [1.29, 1.82) is 0 Å². The Hall–Kier alpha value is -3.21. The molecule has 146 valence electrons. The Morgan fingerprint density at radius 3 is 2.43 bits per heavy atom. The first-order valence-electron chi connectivity index (χ1n) is 8.38. The Balaban J connectivity index is 1.78. The molecule has 0 aliphatic carbocycles. The smallest absolute Gasteiger partial charge is 0.225 e. The number of anilines is 3. The van der Waals surface area contributed by atoms with Gasteiger partial charge in [0.2, 0.25) is 5.95 Å². The van der Waals surface area contributed by atoms with Crippen LogP contribution in [0.4, 0.5) is 23.1 Å². The lowest BCUT2D eigenvalue weighted by atomic mass is 10.1. The minimum Gasteiger partial charge on any atom is -0.454 e. The lowest BCUT2D eigenvalue weighted by Crippen LogP contribution is -2.13. The highest BCUT2D eigenvalue weighted by molar-refractivity contribution is 7.68. The summed E-state index contributed by atoms with van der Waals surface area (Å²) in [6, 6.07) is 18.1. The number of hydrogen-bond acceptors (Lipinski definition) is 9. The number of aliphatic hydroxyl groups excluding tert-OH is 1. The van der Waals surface area contributed by atoms with Crippen molar-refractivity contribution in [1.82, 2.24) is 9.97 Å². The molecule has 9 nitrogen and oxygen atoms in total. The lowest BCUT2D eigenvalue weighted by Gasteiger charge is -2.13. The highest BCUT2D eigenvalue weighted by Crippen LogP contribution is 2.22. The maximum atomic E-state index is 10.7. The molecule has 0 fully saturated rings. The largest absolute Gasteiger partial charge is 0.454 e. The summed E-state index contributed by atoms with van der Waals surface area (Å²) in [6.45, 7) is 0.304. The zero-order chi connectivity index (χ0) is 19.8. The minimum atomic E-state index is -2.24. The number of aromatic nitrogens is 2. The van der Waals surface area contributed by atoms with Gasteiger partial charge in [0.15, 0.2) is 5.82 Å². The third kappa shape index (κ3) is 5.64. The molecule has 0 amide bonds. The van der Waals surface area contributed by atoms with Gasteiger partial charge in [-0.05, 0) is 24.3 Å². The van der Waals surface area contributed by atoms with Crippen LogP contribution in [0.15, 0.2) is 65.0 Å². The molecule has 0 bridgehead atoms. The Morgan fingerprint density at radius 1 is 1.00 bits per heavy atom. The highest BCUT2D eigenvalue weighted by Gasteiger charge is 2.06. The molecule has 0 spiro atoms. The van der Waals surface area contributed by atoms with Crippen LogP contribution < -0.4 is 16.2 Å². The Bertz CT molecular complexity index is 992. The summed E-state index contributed by atoms with van der Waals surface area (Å²) in [5.41, 5.74) is 8.78. The van der Waals surface area contributed by atoms with E-state index in [4.69, 9.17) is 9.66 Å². The molecule has 0 radical (unpaired) electrons. The SMILES string of the molecule is O=[S-](O)=Nc1ccc(NNc2cc(-c3ccccc3)nc(NCCO)n2)cc1. The van der Waals surface area contributed by atoms with Crippen molar-refractivity contribution in [3.63, 3.8) is 0 Å². The third-order valence-corrected chi connectivity index (χ3v) is 3.94. The molecular weight excluding hydrogens is 380 g/mol. The van der Waals surface area contributed by atoms with E-state index in [1.807, 2.05) is 30.3 Å². The molecule has 0 saturated heterocycles. The summed E-state index contributed by atoms with van der Waals surface area (Å²) in [4.78, 5) is 8.84. The summed E-state index contributed by atoms with van der Waals surface area (Å²) in [5, 5.41) is 12.0. The maximum Gasteiger partial charge on any atom is 0.225 e. The second-order valence-electron chi connectivity index (χ2n) is 5.60. The van der Waals surface area contributed by atoms with Crippen molar-refractivity contribution in [2.45, 2.75) is 0 Å². The van der Waals surface area contributed by atoms with Crippen molar-refractivity contribution in [3.05, 3.63) is 60.7 Å². The quantitative estimate of drug-likeness (QED) is 0.222. The van der Waals surface area contributed by atoms with Crippen molar-refractivity contribution >= 4 is 34.0 Å². The zero-order valence-corrected chi connectivity index (χ0v) is 15.6. The van der Waals surface area contributed by atoms with Crippen LogP contribution in [-0.2, 0) is 15.1 Å². The molecule has 0 saturated carbocycles. The fourth-order valence-electron chi connectivity index (χ4n) is 2.35. The van der Waals surface area contributed by atoms with E-state index in [1.54, 1.807) is 30.3 Å². The van der Waals surface area contributed by atoms with Crippen LogP contribution in [0.25, 0.3) is 11.3 Å². The molecule has 1 heterocycles. The summed E-state index contributed by atoms with van der Waals surface area (Å²) in [5.74, 6) is 0.916. The predicted molar refractivity (Wildman–Crippen MR) is 109 cm³/mol. The van der Waals surface area contributed by atoms with Crippen molar-refractivity contribution in [3.8, 4) is 11.3 Å². The van der Waals surface area contributed by atoms with Gasteiger partial charge in [0.05, 0.1) is 18.0 Å². The fourth-order valence-corrected chi connectivity index (χ4v) is 2.65. The van der Waals surface area contributed by atoms with Crippen LogP contribution in [0.5, 0.6) is 0 Å². The number of aliphatic hydroxyl groups is 1. The molecule has 5 N–H and O–H groups in total. The number of rotatable bonds is 8. The molecule has 3 aromatic rings. The summed E-state index contributed by atoms with van der Waals surface area (Å²) in [6.07, 6.45) is 0. The van der Waals surface area contributed by atoms with E-state index in [2.05, 4.69) is 30.5 Å². The molecule has 0 aliphatic rings. The number of hydrazine groups is 1. The Morgan fingerprint density at radius 2 is 1.75 bits per heavy atom. The molecule has 2 aromatic carbocycles. The third-order valence-electron chi connectivity index (χ3n) is 3.58. The minimum absolute atomic E-state index is 0.0318. The molecule has 0 atom stereocenters. The van der Waals surface area contributed by atoms with E-state index in [9.17, 15) is 4.21 Å². The number of nitrogens with zero attached hydrogens (tertiary/aromatic N) is 3. The first kappa shape index (κ1) is 19.5. The number of benzene rings is 2. The molecular formula is C18H19N6O3S-. The highest BCUT2D eigenvalue weighted by atomic mass is 32.2. The first-order valence-corrected chi connectivity index (χ1v) is 9.44. The molecule has 28 heavy (non-hydrogen) atoms. The maximum absolute atomic E-state index is 10.7. The van der Waals surface area contributed by atoms with Crippen LogP contribution in [0.1, 0.15) is 0 Å². The van der Waals surface area contributed by atoms with Gasteiger partial charge >= 0.3 is 0 Å². The second kappa shape index (κ2) is 9.65. The van der Waals surface area contributed by atoms with E-state index in [1.165, 1.54) is 0 Å². The van der Waals surface area contributed by atoms with Crippen LogP contribution in [0.3, 0.4) is 0 Å². The van der Waals surface area contributed by atoms with Crippen LogP contribution >= 0.6 is 0 Å². The van der Waals surface area contributed by atoms with Crippen molar-refractivity contribution < 1.29 is 13.9 Å². The molecule has 0 unspecified atom stereocenters. The predicted octanol–water partition coefficient (Wildman–Crippen LogP) is 3.24. The van der Waals surface area contributed by atoms with E-state index in [-0.39, 0.29) is 6.61 Å². The van der Waals surface area contributed by atoms with Gasteiger partial charge in [-0.15, -0.1) is 0 Å². The van der Waals surface area contributed by atoms with Gasteiger partial charge < -0.3 is 23.5 Å². The molecule has 1 aromatic heterocycles. The zero-order valence-electron chi connectivity index (χ0n) is 14.7. The summed E-state index contributed by atoms with van der Waals surface area (Å²) >= 11 is 0. The van der Waals surface area contributed by atoms with E-state index in [0.717, 1.165) is 11.3 Å². The summed E-state index contributed by atoms with van der Waals surface area (Å²) in [7, 11) is -2.24. The van der Waals surface area contributed by atoms with Crippen LogP contribution in [0, 0.1) is 0 Å². The monoisotopic (exact) mass is 399 g/mol. The Labute approximate surface area is 163 Å². The van der Waals surface area contributed by atoms with Gasteiger partial charge in [0, 0.05) is 23.9 Å². The van der Waals surface area contributed by atoms with Gasteiger partial charge in [0.25, 0.3) is 0 Å². The average Bonchev–Trinajstić information content (AvgIpc) is 2.72. The lowest BCUT2D eigenvalue weighted by molar-refractivity contribution is 0.311. The van der Waals surface area contributed by atoms with E-state index >= 15 is 0 Å². The van der Waals surface area contributed by atoms with Gasteiger partial charge in [-0.25, -0.2) is 4.98 Å². The normalized spacial score (nSPS) is 11.8. The Kier molecular flexibility index (Phi) is 6.73. The standard InChI is InChI=1S/C18H19N6O3S/c25-11-10-19-18-20-16(13-4-2-1-3-5-13)12-17(21-18)23-22-14-6-8-15(9-7-14)24-28(26)27/h1-9,12,22,25H,10-11H2,(H,24,26,27)(H2,19,20,21,23)/q-1. The van der Waals surface area contributed by atoms with E-state index in [0.29, 0.717) is 29.7 Å². The molecule has 0 aliphatic heterocycles. The van der Waals surface area contributed by atoms with E-state index < -0.39 is 10.9 Å². The van der Waals surface area contributed by atoms with Gasteiger partial charge in [0.1, 0.15) is 0 Å². The number of hydrogen-bond donors (Lipinski definition) is 5. The molecule has 10 heteroatoms. The summed E-state index contributed by atoms with van der Waals surface area (Å²) < 4.78 is 23.0. The number of nitrogens with one attached hydrogen (secondary N) is 3. The second-order valence-corrected chi connectivity index (χ2v) is 6.24. The average molecular weight is 399 g/mol. The topological polar surface area (TPSA) is 132 Å². The molecule has 3 rings (SSSR count). The van der Waals surface area contributed by atoms with Gasteiger partial charge in [-0.2, -0.15) is 4.98 Å². The first-order chi connectivity index (χ1) is 13.6. The van der Waals surface area contributed by atoms with Gasteiger partial charge in [-0.1, -0.05) is 41.2 Å². The van der Waals surface area contributed by atoms with Crippen LogP contribution in [-0.4, -0.2) is 32.8 Å². The van der Waals surface area contributed by atoms with Crippen molar-refractivity contribution in [2.24, 2.45) is 4.36 Å². The van der Waals surface area contributed by atoms with Gasteiger partial charge in [-0.3, -0.25) is 10.9 Å². The van der Waals surface area contributed by atoms with Crippen molar-refractivity contribution in [2.75, 3.05) is 29.3 Å².